The van der Waals surface area contributed by atoms with Crippen molar-refractivity contribution in [2.75, 3.05) is 0 Å². The summed E-state index contributed by atoms with van der Waals surface area (Å²) in [6.07, 6.45) is 5.32. The van der Waals surface area contributed by atoms with Crippen LogP contribution in [0.3, 0.4) is 0 Å². The third-order valence-electron chi connectivity index (χ3n) is 4.72. The Hall–Kier alpha value is -1.97. The van der Waals surface area contributed by atoms with Gasteiger partial charge in [0.25, 0.3) is 0 Å². The molecule has 0 atom stereocenters. The van der Waals surface area contributed by atoms with Gasteiger partial charge in [-0.2, -0.15) is 4.39 Å². The molecule has 0 spiro atoms. The third-order valence-corrected chi connectivity index (χ3v) is 4.72. The Morgan fingerprint density at radius 3 is 2.14 bits per heavy atom. The van der Waals surface area contributed by atoms with Crippen molar-refractivity contribution in [3.8, 4) is 0 Å². The Kier molecular flexibility index (Phi) is 3.13. The van der Waals surface area contributed by atoms with Gasteiger partial charge < -0.3 is 4.42 Å². The summed E-state index contributed by atoms with van der Waals surface area (Å²) in [5.41, 5.74) is 0.449. The molecule has 0 radical (unpaired) electrons. The summed E-state index contributed by atoms with van der Waals surface area (Å²) in [4.78, 5) is 0. The average molecular weight is 304 g/mol. The molecule has 1 aliphatic rings. The topological polar surface area (TPSA) is 13.1 Å². The highest BCUT2D eigenvalue weighted by atomic mass is 19.2. The van der Waals surface area contributed by atoms with Crippen molar-refractivity contribution in [1.82, 2.24) is 0 Å². The van der Waals surface area contributed by atoms with E-state index in [2.05, 4.69) is 0 Å². The van der Waals surface area contributed by atoms with E-state index < -0.39 is 17.5 Å². The molecule has 1 fully saturated rings. The van der Waals surface area contributed by atoms with E-state index in [1.165, 1.54) is 12.5 Å². The molecular formula is C18H15F3O. The normalized spacial score (nSPS) is 16.7. The Morgan fingerprint density at radius 2 is 1.41 bits per heavy atom. The molecule has 0 amide bonds. The van der Waals surface area contributed by atoms with Gasteiger partial charge in [-0.05, 0) is 42.5 Å². The highest BCUT2D eigenvalue weighted by molar-refractivity contribution is 6.05. The van der Waals surface area contributed by atoms with Gasteiger partial charge in [0, 0.05) is 10.8 Å². The number of hydrogen-bond acceptors (Lipinski definition) is 1. The third kappa shape index (κ3) is 1.93. The van der Waals surface area contributed by atoms with Crippen LogP contribution in [0.15, 0.2) is 28.7 Å². The monoisotopic (exact) mass is 304 g/mol. The van der Waals surface area contributed by atoms with Crippen LogP contribution in [0, 0.1) is 17.5 Å². The fourth-order valence-electron chi connectivity index (χ4n) is 3.56. The van der Waals surface area contributed by atoms with Gasteiger partial charge in [-0.15, -0.1) is 0 Å². The summed E-state index contributed by atoms with van der Waals surface area (Å²) in [6, 6.07) is 5.99. The highest BCUT2D eigenvalue weighted by Gasteiger charge is 2.23. The Bertz CT molecular complexity index is 860. The molecule has 4 rings (SSSR count). The van der Waals surface area contributed by atoms with Gasteiger partial charge in [-0.3, -0.25) is 0 Å². The highest BCUT2D eigenvalue weighted by Crippen LogP contribution is 2.39. The van der Waals surface area contributed by atoms with Crippen molar-refractivity contribution in [3.63, 3.8) is 0 Å². The Balaban J connectivity index is 1.95. The maximum atomic E-state index is 14.8. The molecule has 0 saturated heterocycles. The number of furan rings is 1. The fraction of sp³-hybridized carbons (Fsp3) is 0.333. The van der Waals surface area contributed by atoms with E-state index in [1.54, 1.807) is 12.1 Å². The summed E-state index contributed by atoms with van der Waals surface area (Å²) in [7, 11) is 0. The minimum Gasteiger partial charge on any atom is -0.450 e. The van der Waals surface area contributed by atoms with Crippen LogP contribution in [-0.4, -0.2) is 0 Å². The van der Waals surface area contributed by atoms with Crippen molar-refractivity contribution in [1.29, 1.82) is 0 Å². The van der Waals surface area contributed by atoms with Crippen molar-refractivity contribution >= 4 is 21.9 Å². The van der Waals surface area contributed by atoms with Gasteiger partial charge in [-0.25, -0.2) is 8.78 Å². The van der Waals surface area contributed by atoms with Gasteiger partial charge >= 0.3 is 0 Å². The zero-order chi connectivity index (χ0) is 15.3. The summed E-state index contributed by atoms with van der Waals surface area (Å²) in [6.45, 7) is 0. The Labute approximate surface area is 125 Å². The number of halogens is 3. The fourth-order valence-corrected chi connectivity index (χ4v) is 3.56. The molecule has 1 nitrogen and oxygen atoms in total. The van der Waals surface area contributed by atoms with Crippen LogP contribution in [0.4, 0.5) is 13.2 Å². The SMILES string of the molecule is Fc1ccc2c(oc3c(F)c(C4CCCCC4)ccc32)c1F. The van der Waals surface area contributed by atoms with Crippen LogP contribution in [0.2, 0.25) is 0 Å². The molecular weight excluding hydrogens is 289 g/mol. The maximum absolute atomic E-state index is 14.8. The lowest BCUT2D eigenvalue weighted by atomic mass is 9.83. The zero-order valence-corrected chi connectivity index (χ0v) is 12.0. The molecule has 1 aliphatic carbocycles. The summed E-state index contributed by atoms with van der Waals surface area (Å²) in [5.74, 6) is -2.29. The van der Waals surface area contributed by atoms with Gasteiger partial charge in [0.2, 0.25) is 5.82 Å². The first-order valence-electron chi connectivity index (χ1n) is 7.65. The van der Waals surface area contributed by atoms with Crippen LogP contribution in [0.1, 0.15) is 43.6 Å². The minimum absolute atomic E-state index is 0.0302. The second-order valence-corrected chi connectivity index (χ2v) is 6.02. The van der Waals surface area contributed by atoms with Crippen LogP contribution >= 0.6 is 0 Å². The zero-order valence-electron chi connectivity index (χ0n) is 12.0. The second-order valence-electron chi connectivity index (χ2n) is 6.02. The molecule has 4 heteroatoms. The maximum Gasteiger partial charge on any atom is 0.201 e. The van der Waals surface area contributed by atoms with Crippen LogP contribution in [-0.2, 0) is 0 Å². The van der Waals surface area contributed by atoms with Crippen LogP contribution in [0.25, 0.3) is 21.9 Å². The smallest absolute Gasteiger partial charge is 0.201 e. The summed E-state index contributed by atoms with van der Waals surface area (Å²) >= 11 is 0. The number of hydrogen-bond donors (Lipinski definition) is 0. The predicted molar refractivity (Wildman–Crippen MR) is 79.4 cm³/mol. The van der Waals surface area contributed by atoms with E-state index in [0.29, 0.717) is 16.3 Å². The van der Waals surface area contributed by atoms with Gasteiger partial charge in [0.05, 0.1) is 0 Å². The quantitative estimate of drug-likeness (QED) is 0.533. The minimum atomic E-state index is -1.06. The molecule has 0 unspecified atom stereocenters. The van der Waals surface area contributed by atoms with Gasteiger partial charge in [0.15, 0.2) is 22.8 Å². The molecule has 1 aromatic heterocycles. The van der Waals surface area contributed by atoms with Crippen molar-refractivity contribution < 1.29 is 17.6 Å². The first-order valence-corrected chi connectivity index (χ1v) is 7.65. The van der Waals surface area contributed by atoms with E-state index in [-0.39, 0.29) is 17.1 Å². The lowest BCUT2D eigenvalue weighted by Crippen LogP contribution is -2.06. The summed E-state index contributed by atoms with van der Waals surface area (Å²) < 4.78 is 47.3. The van der Waals surface area contributed by atoms with Gasteiger partial charge in [-0.1, -0.05) is 25.3 Å². The molecule has 114 valence electrons. The lowest BCUT2D eigenvalue weighted by Gasteiger charge is -2.22. The van der Waals surface area contributed by atoms with E-state index in [1.807, 2.05) is 0 Å². The molecule has 0 aliphatic heterocycles. The lowest BCUT2D eigenvalue weighted by molar-refractivity contribution is 0.428. The first-order chi connectivity index (χ1) is 10.7. The van der Waals surface area contributed by atoms with Crippen molar-refractivity contribution in [3.05, 3.63) is 47.3 Å². The molecule has 2 aromatic carbocycles. The van der Waals surface area contributed by atoms with Gasteiger partial charge in [0.1, 0.15) is 0 Å². The van der Waals surface area contributed by atoms with Crippen LogP contribution < -0.4 is 0 Å². The number of benzene rings is 2. The van der Waals surface area contributed by atoms with E-state index in [4.69, 9.17) is 4.42 Å². The van der Waals surface area contributed by atoms with Crippen molar-refractivity contribution in [2.45, 2.75) is 38.0 Å². The predicted octanol–water partition coefficient (Wildman–Crippen LogP) is 6.05. The first kappa shape index (κ1) is 13.7. The van der Waals surface area contributed by atoms with Crippen molar-refractivity contribution in [2.24, 2.45) is 0 Å². The largest absolute Gasteiger partial charge is 0.450 e. The standard InChI is InChI=1S/C18H15F3O/c19-14-9-8-13-12-7-6-11(10-4-2-1-3-5-10)15(20)17(12)22-18(13)16(14)21/h6-10H,1-5H2. The number of rotatable bonds is 1. The molecule has 3 aromatic rings. The molecule has 0 bridgehead atoms. The second kappa shape index (κ2) is 5.04. The summed E-state index contributed by atoms with van der Waals surface area (Å²) in [5, 5.41) is 0.897. The average Bonchev–Trinajstić information content (AvgIpc) is 2.93. The number of fused-ring (bicyclic) bond motifs is 3. The molecule has 0 N–H and O–H groups in total. The molecule has 1 saturated carbocycles. The Morgan fingerprint density at radius 1 is 0.773 bits per heavy atom. The van der Waals surface area contributed by atoms with Crippen LogP contribution in [0.5, 0.6) is 0 Å². The van der Waals surface area contributed by atoms with E-state index in [0.717, 1.165) is 31.7 Å². The molecule has 22 heavy (non-hydrogen) atoms. The molecule has 1 heterocycles. The van der Waals surface area contributed by atoms with E-state index in [9.17, 15) is 13.2 Å². The van der Waals surface area contributed by atoms with E-state index >= 15 is 0 Å².